The summed E-state index contributed by atoms with van der Waals surface area (Å²) in [4.78, 5) is 0. The second-order valence-electron chi connectivity index (χ2n) is 4.94. The number of halogens is 1. The number of ether oxygens (including phenoxy) is 2. The summed E-state index contributed by atoms with van der Waals surface area (Å²) in [6.45, 7) is 2.70. The first-order valence-electron chi connectivity index (χ1n) is 7.51. The van der Waals surface area contributed by atoms with E-state index in [1.807, 2.05) is 0 Å². The fraction of sp³-hybridized carbons (Fsp3) is 1.00. The molecule has 1 unspecified atom stereocenters. The molecule has 0 aliphatic rings. The van der Waals surface area contributed by atoms with E-state index >= 15 is 0 Å². The first kappa shape index (κ1) is 18.4. The number of rotatable bonds is 14. The van der Waals surface area contributed by atoms with Crippen LogP contribution < -0.4 is 0 Å². The van der Waals surface area contributed by atoms with Gasteiger partial charge in [-0.2, -0.15) is 0 Å². The van der Waals surface area contributed by atoms with Crippen LogP contribution in [0.2, 0.25) is 0 Å². The van der Waals surface area contributed by atoms with Crippen LogP contribution in [0.1, 0.15) is 71.1 Å². The van der Waals surface area contributed by atoms with E-state index in [0.717, 1.165) is 5.33 Å². The Kier molecular flexibility index (Phi) is 15.8. The van der Waals surface area contributed by atoms with Gasteiger partial charge in [-0.15, -0.1) is 0 Å². The predicted molar refractivity (Wildman–Crippen MR) is 82.4 cm³/mol. The molecule has 110 valence electrons. The lowest BCUT2D eigenvalue weighted by atomic mass is 10.0. The van der Waals surface area contributed by atoms with Crippen LogP contribution in [0.15, 0.2) is 0 Å². The largest absolute Gasteiger partial charge is 0.359 e. The minimum Gasteiger partial charge on any atom is -0.359 e. The molecule has 0 radical (unpaired) electrons. The van der Waals surface area contributed by atoms with Crippen molar-refractivity contribution in [1.82, 2.24) is 0 Å². The molecular formula is C15H31BrO2. The molecular weight excluding hydrogens is 292 g/mol. The molecule has 18 heavy (non-hydrogen) atoms. The maximum atomic E-state index is 5.75. The molecule has 1 atom stereocenters. The zero-order valence-electron chi connectivity index (χ0n) is 12.3. The van der Waals surface area contributed by atoms with Gasteiger partial charge in [0.2, 0.25) is 0 Å². The SMILES string of the molecule is CCCCCCC(CCCCCCBr)OCOC. The molecule has 0 fully saturated rings. The third kappa shape index (κ3) is 12.8. The summed E-state index contributed by atoms with van der Waals surface area (Å²) in [7, 11) is 1.70. The highest BCUT2D eigenvalue weighted by Crippen LogP contribution is 2.15. The van der Waals surface area contributed by atoms with E-state index in [0.29, 0.717) is 12.9 Å². The fourth-order valence-electron chi connectivity index (χ4n) is 2.09. The molecule has 0 spiro atoms. The lowest BCUT2D eigenvalue weighted by Gasteiger charge is -2.17. The molecule has 0 amide bonds. The molecule has 0 saturated heterocycles. The van der Waals surface area contributed by atoms with E-state index in [1.165, 1.54) is 64.2 Å². The minimum atomic E-state index is 0.408. The van der Waals surface area contributed by atoms with E-state index < -0.39 is 0 Å². The van der Waals surface area contributed by atoms with Crippen LogP contribution in [0, 0.1) is 0 Å². The fourth-order valence-corrected chi connectivity index (χ4v) is 2.49. The highest BCUT2D eigenvalue weighted by Gasteiger charge is 2.08. The zero-order chi connectivity index (χ0) is 13.5. The van der Waals surface area contributed by atoms with Crippen LogP contribution in [0.3, 0.4) is 0 Å². The van der Waals surface area contributed by atoms with Gasteiger partial charge >= 0.3 is 0 Å². The van der Waals surface area contributed by atoms with Crippen molar-refractivity contribution in [1.29, 1.82) is 0 Å². The lowest BCUT2D eigenvalue weighted by Crippen LogP contribution is -2.14. The topological polar surface area (TPSA) is 18.5 Å². The number of alkyl halides is 1. The summed E-state index contributed by atoms with van der Waals surface area (Å²) < 4.78 is 10.8. The third-order valence-corrected chi connectivity index (χ3v) is 3.77. The smallest absolute Gasteiger partial charge is 0.146 e. The van der Waals surface area contributed by atoms with E-state index in [4.69, 9.17) is 9.47 Å². The van der Waals surface area contributed by atoms with Crippen molar-refractivity contribution in [2.75, 3.05) is 19.2 Å². The summed E-state index contributed by atoms with van der Waals surface area (Å²) in [5.41, 5.74) is 0. The van der Waals surface area contributed by atoms with Gasteiger partial charge in [0, 0.05) is 12.4 Å². The summed E-state index contributed by atoms with van der Waals surface area (Å²) in [6, 6.07) is 0. The molecule has 0 bridgehead atoms. The summed E-state index contributed by atoms with van der Waals surface area (Å²) >= 11 is 3.47. The van der Waals surface area contributed by atoms with Crippen LogP contribution in [0.4, 0.5) is 0 Å². The Morgan fingerprint density at radius 1 is 0.889 bits per heavy atom. The molecule has 0 aliphatic carbocycles. The summed E-state index contributed by atoms with van der Waals surface area (Å²) in [6.07, 6.45) is 13.3. The van der Waals surface area contributed by atoms with Gasteiger partial charge in [-0.25, -0.2) is 0 Å². The minimum absolute atomic E-state index is 0.408. The molecule has 0 N–H and O–H groups in total. The molecule has 0 aromatic carbocycles. The Bertz CT molecular complexity index is 153. The zero-order valence-corrected chi connectivity index (χ0v) is 13.8. The quantitative estimate of drug-likeness (QED) is 0.246. The Morgan fingerprint density at radius 3 is 2.06 bits per heavy atom. The Morgan fingerprint density at radius 2 is 1.50 bits per heavy atom. The number of hydrogen-bond acceptors (Lipinski definition) is 2. The van der Waals surface area contributed by atoms with E-state index in [9.17, 15) is 0 Å². The standard InChI is InChI=1S/C15H31BrO2/c1-3-4-5-8-11-15(18-14-17-2)12-9-6-7-10-13-16/h15H,3-14H2,1-2H3. The summed E-state index contributed by atoms with van der Waals surface area (Å²) in [5, 5.41) is 1.13. The monoisotopic (exact) mass is 322 g/mol. The predicted octanol–water partition coefficient (Wildman–Crippen LogP) is 5.29. The molecule has 3 heteroatoms. The molecule has 0 heterocycles. The highest BCUT2D eigenvalue weighted by molar-refractivity contribution is 9.09. The maximum Gasteiger partial charge on any atom is 0.146 e. The van der Waals surface area contributed by atoms with Crippen LogP contribution in [0.5, 0.6) is 0 Å². The second kappa shape index (κ2) is 15.5. The Labute approximate surface area is 122 Å². The average molecular weight is 323 g/mol. The first-order valence-corrected chi connectivity index (χ1v) is 8.63. The van der Waals surface area contributed by atoms with Gasteiger partial charge in [0.25, 0.3) is 0 Å². The van der Waals surface area contributed by atoms with Gasteiger partial charge in [-0.3, -0.25) is 0 Å². The normalized spacial score (nSPS) is 12.8. The number of methoxy groups -OCH3 is 1. The van der Waals surface area contributed by atoms with Crippen LogP contribution in [-0.4, -0.2) is 25.3 Å². The van der Waals surface area contributed by atoms with E-state index in [1.54, 1.807) is 7.11 Å². The van der Waals surface area contributed by atoms with E-state index in [-0.39, 0.29) is 0 Å². The molecule has 0 aromatic rings. The van der Waals surface area contributed by atoms with Gasteiger partial charge in [-0.1, -0.05) is 67.8 Å². The molecule has 0 aliphatic heterocycles. The molecule has 0 saturated carbocycles. The highest BCUT2D eigenvalue weighted by atomic mass is 79.9. The van der Waals surface area contributed by atoms with Crippen molar-refractivity contribution >= 4 is 15.9 Å². The van der Waals surface area contributed by atoms with Crippen LogP contribution in [-0.2, 0) is 9.47 Å². The van der Waals surface area contributed by atoms with E-state index in [2.05, 4.69) is 22.9 Å². The van der Waals surface area contributed by atoms with Crippen LogP contribution >= 0.6 is 15.9 Å². The maximum absolute atomic E-state index is 5.75. The Balaban J connectivity index is 3.56. The van der Waals surface area contributed by atoms with Crippen molar-refractivity contribution in [3.05, 3.63) is 0 Å². The average Bonchev–Trinajstić information content (AvgIpc) is 2.39. The summed E-state index contributed by atoms with van der Waals surface area (Å²) in [5.74, 6) is 0. The Hall–Kier alpha value is 0.400. The molecule has 0 rings (SSSR count). The van der Waals surface area contributed by atoms with Gasteiger partial charge in [-0.05, 0) is 19.3 Å². The second-order valence-corrected chi connectivity index (χ2v) is 5.73. The van der Waals surface area contributed by atoms with Crippen molar-refractivity contribution in [3.63, 3.8) is 0 Å². The van der Waals surface area contributed by atoms with Gasteiger partial charge < -0.3 is 9.47 Å². The lowest BCUT2D eigenvalue weighted by molar-refractivity contribution is -0.0776. The van der Waals surface area contributed by atoms with Crippen molar-refractivity contribution in [2.45, 2.75) is 77.2 Å². The first-order chi connectivity index (χ1) is 8.85. The van der Waals surface area contributed by atoms with Crippen LogP contribution in [0.25, 0.3) is 0 Å². The van der Waals surface area contributed by atoms with Gasteiger partial charge in [0.1, 0.15) is 6.79 Å². The number of hydrogen-bond donors (Lipinski definition) is 0. The van der Waals surface area contributed by atoms with Crippen molar-refractivity contribution < 1.29 is 9.47 Å². The van der Waals surface area contributed by atoms with Crippen molar-refractivity contribution in [2.24, 2.45) is 0 Å². The van der Waals surface area contributed by atoms with Gasteiger partial charge in [0.05, 0.1) is 6.10 Å². The number of unbranched alkanes of at least 4 members (excludes halogenated alkanes) is 6. The van der Waals surface area contributed by atoms with Gasteiger partial charge in [0.15, 0.2) is 0 Å². The third-order valence-electron chi connectivity index (χ3n) is 3.21. The van der Waals surface area contributed by atoms with Crippen molar-refractivity contribution in [3.8, 4) is 0 Å². The molecule has 0 aromatic heterocycles. The molecule has 2 nitrogen and oxygen atoms in total.